The number of rotatable bonds is 12. The lowest BCUT2D eigenvalue weighted by molar-refractivity contribution is -0.140. The van der Waals surface area contributed by atoms with Crippen molar-refractivity contribution in [2.45, 2.75) is 114 Å². The van der Waals surface area contributed by atoms with Crippen molar-refractivity contribution in [2.75, 3.05) is 28.4 Å². The van der Waals surface area contributed by atoms with Crippen molar-refractivity contribution in [3.05, 3.63) is 60.4 Å². The number of alkyl carbamates (subject to hydrolysis) is 2. The van der Waals surface area contributed by atoms with Crippen LogP contribution in [0.15, 0.2) is 48.8 Å². The molecule has 16 nitrogen and oxygen atoms in total. The minimum absolute atomic E-state index is 0.0687. The highest BCUT2D eigenvalue weighted by molar-refractivity contribution is 6.04. The van der Waals surface area contributed by atoms with Gasteiger partial charge in [0.1, 0.15) is 23.7 Å². The van der Waals surface area contributed by atoms with E-state index in [-0.39, 0.29) is 36.0 Å². The summed E-state index contributed by atoms with van der Waals surface area (Å²) in [6.45, 7) is 3.54. The Labute approximate surface area is 360 Å². The van der Waals surface area contributed by atoms with Gasteiger partial charge in [-0.05, 0) is 98.6 Å². The largest absolute Gasteiger partial charge is 0.453 e. The Balaban J connectivity index is 0.927. The number of carbonyl (C=O) groups excluding carboxylic acids is 4. The molecule has 0 bridgehead atoms. The van der Waals surface area contributed by atoms with Crippen LogP contribution in [-0.4, -0.2) is 119 Å². The SMILES string of the molecule is COC(=O)NC(C(=O)N1C2CCCC2C[C@H]1c1ncc(-c2ccc3c(c2)-c2ccc(-c4cnc(C5C[C@@H]6CCC[C@@H]6N5C(=O)C(NC(=O)OC)C(C)OC)[nH]4)cc2-3)[nH]1)C(C)OC. The van der Waals surface area contributed by atoms with E-state index in [1.54, 1.807) is 13.8 Å². The van der Waals surface area contributed by atoms with Gasteiger partial charge in [0.05, 0.1) is 62.3 Å². The van der Waals surface area contributed by atoms with Gasteiger partial charge in [-0.15, -0.1) is 0 Å². The Morgan fingerprint density at radius 2 is 1.05 bits per heavy atom. The summed E-state index contributed by atoms with van der Waals surface area (Å²) in [7, 11) is 5.62. The number of imidazole rings is 2. The van der Waals surface area contributed by atoms with Gasteiger partial charge in [-0.3, -0.25) is 9.59 Å². The zero-order valence-corrected chi connectivity index (χ0v) is 36.1. The van der Waals surface area contributed by atoms with E-state index in [0.717, 1.165) is 108 Å². The van der Waals surface area contributed by atoms with Crippen molar-refractivity contribution < 1.29 is 38.1 Å². The predicted molar refractivity (Wildman–Crippen MR) is 228 cm³/mol. The minimum atomic E-state index is -0.901. The maximum atomic E-state index is 14.2. The van der Waals surface area contributed by atoms with E-state index >= 15 is 0 Å². The van der Waals surface area contributed by atoms with Gasteiger partial charge in [0.25, 0.3) is 0 Å². The fourth-order valence-electron chi connectivity index (χ4n) is 11.0. The van der Waals surface area contributed by atoms with Crippen LogP contribution in [0.1, 0.15) is 88.9 Å². The molecule has 7 unspecified atom stereocenters. The van der Waals surface area contributed by atoms with Gasteiger partial charge >= 0.3 is 12.2 Å². The number of fused-ring (bicyclic) bond motifs is 6. The Morgan fingerprint density at radius 3 is 1.44 bits per heavy atom. The number of hydrogen-bond acceptors (Lipinski definition) is 10. The molecule has 16 heteroatoms. The molecule has 3 aliphatic carbocycles. The summed E-state index contributed by atoms with van der Waals surface area (Å²) in [6.07, 6.45) is 8.84. The van der Waals surface area contributed by atoms with E-state index in [1.807, 2.05) is 22.2 Å². The summed E-state index contributed by atoms with van der Waals surface area (Å²) in [4.78, 5) is 73.7. The molecular weight excluding hydrogens is 793 g/mol. The van der Waals surface area contributed by atoms with E-state index in [9.17, 15) is 19.2 Å². The lowest BCUT2D eigenvalue weighted by atomic mass is 9.78. The smallest absolute Gasteiger partial charge is 0.407 e. The predicted octanol–water partition coefficient (Wildman–Crippen LogP) is 6.52. The molecule has 328 valence electrons. The third kappa shape index (κ3) is 7.20. The maximum Gasteiger partial charge on any atom is 0.407 e. The first kappa shape index (κ1) is 41.6. The van der Waals surface area contributed by atoms with Crippen molar-refractivity contribution in [1.29, 1.82) is 0 Å². The Bertz CT molecular complexity index is 2180. The van der Waals surface area contributed by atoms with Gasteiger partial charge < -0.3 is 49.3 Å². The van der Waals surface area contributed by atoms with Gasteiger partial charge in [0.15, 0.2) is 0 Å². The lowest BCUT2D eigenvalue weighted by Gasteiger charge is -2.34. The molecular formula is C46H56N8O8. The van der Waals surface area contributed by atoms with Crippen molar-refractivity contribution in [3.63, 3.8) is 0 Å². The summed E-state index contributed by atoms with van der Waals surface area (Å²) in [5.41, 5.74) is 8.32. The number of H-pyrrole nitrogens is 2. The monoisotopic (exact) mass is 848 g/mol. The van der Waals surface area contributed by atoms with Crippen LogP contribution in [0, 0.1) is 11.8 Å². The number of hydrogen-bond donors (Lipinski definition) is 4. The van der Waals surface area contributed by atoms with Crippen LogP contribution in [0.25, 0.3) is 44.8 Å². The second-order valence-corrected chi connectivity index (χ2v) is 17.5. The summed E-state index contributed by atoms with van der Waals surface area (Å²) < 4.78 is 20.8. The number of likely N-dealkylation sites (tertiary alicyclic amines) is 2. The molecule has 9 rings (SSSR count). The summed E-state index contributed by atoms with van der Waals surface area (Å²) in [5.74, 6) is 1.79. The van der Waals surface area contributed by atoms with E-state index in [1.165, 1.54) is 28.4 Å². The topological polar surface area (TPSA) is 193 Å². The van der Waals surface area contributed by atoms with Gasteiger partial charge in [-0.2, -0.15) is 0 Å². The van der Waals surface area contributed by atoms with Crippen molar-refractivity contribution in [1.82, 2.24) is 40.4 Å². The highest BCUT2D eigenvalue weighted by Crippen LogP contribution is 2.51. The van der Waals surface area contributed by atoms with Crippen LogP contribution in [0.3, 0.4) is 0 Å². The maximum absolute atomic E-state index is 14.2. The number of ether oxygens (including phenoxy) is 4. The van der Waals surface area contributed by atoms with E-state index in [4.69, 9.17) is 28.9 Å². The van der Waals surface area contributed by atoms with E-state index < -0.39 is 36.5 Å². The van der Waals surface area contributed by atoms with Crippen LogP contribution in [0.2, 0.25) is 0 Å². The van der Waals surface area contributed by atoms with Gasteiger partial charge in [0, 0.05) is 37.4 Å². The molecule has 4 amide bonds. The molecule has 2 aromatic heterocycles. The first-order valence-electron chi connectivity index (χ1n) is 21.8. The molecule has 4 N–H and O–H groups in total. The zero-order valence-electron chi connectivity index (χ0n) is 36.1. The molecule has 62 heavy (non-hydrogen) atoms. The van der Waals surface area contributed by atoms with Crippen molar-refractivity contribution in [2.24, 2.45) is 11.8 Å². The standard InChI is InChI=1S/C46H56N8O8/c1-23(59-3)39(51-45(57)61-5)43(55)53-35-11-7-9-27(35)19-37(53)41-47-21-33(49-41)25-13-15-29-31(17-25)30-16-14-26(18-32(29)30)34-22-48-42(50-34)38-20-28-10-8-12-36(28)54(38)44(56)40(24(2)60-4)52-46(58)62-6/h13-18,21-24,27-28,35-40H,7-12,19-20H2,1-6H3,(H,47,49)(H,48,50)(H,51,57)(H,52,58)/t23?,24?,27-,28?,35-,36?,37?,38-,39?,40?/m0/s1. The summed E-state index contributed by atoms with van der Waals surface area (Å²) in [5, 5.41) is 5.42. The van der Waals surface area contributed by atoms with Crippen molar-refractivity contribution in [3.8, 4) is 44.8 Å². The fraction of sp³-hybridized carbons (Fsp3) is 0.522. The van der Waals surface area contributed by atoms with E-state index in [0.29, 0.717) is 11.8 Å². The number of nitrogens with one attached hydrogen (secondary N) is 4. The molecule has 4 heterocycles. The first-order chi connectivity index (χ1) is 30.0. The number of amides is 4. The fourth-order valence-corrected chi connectivity index (χ4v) is 11.0. The molecule has 2 aromatic carbocycles. The summed E-state index contributed by atoms with van der Waals surface area (Å²) in [6, 6.07) is 10.6. The van der Waals surface area contributed by atoms with Gasteiger partial charge in [-0.1, -0.05) is 37.1 Å². The molecule has 10 atom stereocenters. The van der Waals surface area contributed by atoms with Crippen LogP contribution < -0.4 is 10.6 Å². The number of benzene rings is 2. The van der Waals surface area contributed by atoms with E-state index in [2.05, 4.69) is 57.0 Å². The van der Waals surface area contributed by atoms with Gasteiger partial charge in [0.2, 0.25) is 11.8 Å². The number of aromatic amines is 2. The average molecular weight is 849 g/mol. The van der Waals surface area contributed by atoms with Crippen LogP contribution >= 0.6 is 0 Å². The highest BCUT2D eigenvalue weighted by Gasteiger charge is 2.51. The molecule has 0 radical (unpaired) electrons. The number of nitrogens with zero attached hydrogens (tertiary/aromatic N) is 4. The molecule has 4 fully saturated rings. The van der Waals surface area contributed by atoms with Crippen LogP contribution in [0.4, 0.5) is 9.59 Å². The number of carbonyl (C=O) groups is 4. The zero-order chi connectivity index (χ0) is 43.4. The third-order valence-electron chi connectivity index (χ3n) is 14.4. The molecule has 0 spiro atoms. The first-order valence-corrected chi connectivity index (χ1v) is 21.8. The highest BCUT2D eigenvalue weighted by atomic mass is 16.5. The molecule has 5 aliphatic rings. The van der Waals surface area contributed by atoms with Crippen LogP contribution in [-0.2, 0) is 28.5 Å². The Hall–Kier alpha value is -5.74. The lowest BCUT2D eigenvalue weighted by Crippen LogP contribution is -2.55. The second-order valence-electron chi connectivity index (χ2n) is 17.5. The summed E-state index contributed by atoms with van der Waals surface area (Å²) >= 11 is 0. The van der Waals surface area contributed by atoms with Gasteiger partial charge in [-0.25, -0.2) is 19.6 Å². The van der Waals surface area contributed by atoms with Crippen LogP contribution in [0.5, 0.6) is 0 Å². The minimum Gasteiger partial charge on any atom is -0.453 e. The Kier molecular flexibility index (Phi) is 11.3. The molecule has 2 aliphatic heterocycles. The normalized spacial score (nSPS) is 25.1. The quantitative estimate of drug-likeness (QED) is 0.108. The molecule has 4 aromatic rings. The second kappa shape index (κ2) is 16.9. The number of aromatic nitrogens is 4. The third-order valence-corrected chi connectivity index (χ3v) is 14.4. The van der Waals surface area contributed by atoms with Crippen molar-refractivity contribution >= 4 is 24.0 Å². The number of methoxy groups -OCH3 is 4. The molecule has 2 saturated carbocycles. The molecule has 2 saturated heterocycles. The average Bonchev–Trinajstić information content (AvgIpc) is 4.14. The Morgan fingerprint density at radius 1 is 0.629 bits per heavy atom.